The molecule has 0 radical (unpaired) electrons. The lowest BCUT2D eigenvalue weighted by atomic mass is 10.0. The van der Waals surface area contributed by atoms with Gasteiger partial charge in [-0.15, -0.1) is 12.4 Å². The van der Waals surface area contributed by atoms with Crippen molar-refractivity contribution in [3.63, 3.8) is 0 Å². The van der Waals surface area contributed by atoms with E-state index >= 15 is 0 Å². The van der Waals surface area contributed by atoms with Crippen LogP contribution >= 0.6 is 12.4 Å². The van der Waals surface area contributed by atoms with E-state index < -0.39 is 5.82 Å². The Hall–Kier alpha value is -1.33. The Morgan fingerprint density at radius 1 is 1.41 bits per heavy atom. The predicted molar refractivity (Wildman–Crippen MR) is 87.4 cm³/mol. The molecule has 1 aliphatic heterocycles. The number of halogens is 2. The second-order valence-corrected chi connectivity index (χ2v) is 5.33. The molecule has 1 aliphatic rings. The van der Waals surface area contributed by atoms with E-state index in [0.29, 0.717) is 12.3 Å². The minimum Gasteiger partial charge on any atom is -0.497 e. The number of carbonyl (C=O) groups is 1. The smallest absolute Gasteiger partial charge is 0.257 e. The molecule has 1 aromatic carbocycles. The van der Waals surface area contributed by atoms with Crippen molar-refractivity contribution < 1.29 is 13.9 Å². The summed E-state index contributed by atoms with van der Waals surface area (Å²) in [4.78, 5) is 14.5. The lowest BCUT2D eigenvalue weighted by Gasteiger charge is -2.34. The summed E-state index contributed by atoms with van der Waals surface area (Å²) >= 11 is 0. The topological polar surface area (TPSA) is 41.6 Å². The molecule has 0 aromatic heterocycles. The molecule has 0 saturated carbocycles. The van der Waals surface area contributed by atoms with Gasteiger partial charge < -0.3 is 15.0 Å². The summed E-state index contributed by atoms with van der Waals surface area (Å²) in [7, 11) is 1.48. The number of rotatable bonds is 5. The highest BCUT2D eigenvalue weighted by Crippen LogP contribution is 2.21. The lowest BCUT2D eigenvalue weighted by Crippen LogP contribution is -2.46. The molecule has 1 N–H and O–H groups in total. The zero-order valence-electron chi connectivity index (χ0n) is 13.1. The molecule has 1 aromatic rings. The molecule has 0 atom stereocenters. The van der Waals surface area contributed by atoms with Crippen LogP contribution in [0.2, 0.25) is 0 Å². The molecule has 1 fully saturated rings. The van der Waals surface area contributed by atoms with Crippen molar-refractivity contribution in [1.82, 2.24) is 10.2 Å². The summed E-state index contributed by atoms with van der Waals surface area (Å²) in [6.07, 6.45) is 2.71. The minimum atomic E-state index is -0.519. The maximum atomic E-state index is 14.1. The number of hydrogen-bond donors (Lipinski definition) is 1. The summed E-state index contributed by atoms with van der Waals surface area (Å²) < 4.78 is 19.1. The number of amides is 1. The average Bonchev–Trinajstić information content (AvgIpc) is 2.52. The summed E-state index contributed by atoms with van der Waals surface area (Å²) in [6.45, 7) is 4.51. The van der Waals surface area contributed by atoms with E-state index in [4.69, 9.17) is 4.74 Å². The number of piperidine rings is 1. The van der Waals surface area contributed by atoms with Crippen molar-refractivity contribution in [1.29, 1.82) is 0 Å². The Bertz CT molecular complexity index is 493. The molecule has 1 saturated heterocycles. The van der Waals surface area contributed by atoms with E-state index in [-0.39, 0.29) is 29.9 Å². The van der Waals surface area contributed by atoms with Gasteiger partial charge >= 0.3 is 0 Å². The molecule has 0 spiro atoms. The van der Waals surface area contributed by atoms with Crippen LogP contribution < -0.4 is 10.1 Å². The van der Waals surface area contributed by atoms with Gasteiger partial charge in [0.25, 0.3) is 5.91 Å². The fraction of sp³-hybridized carbons (Fsp3) is 0.562. The lowest BCUT2D eigenvalue weighted by molar-refractivity contribution is 0.0638. The van der Waals surface area contributed by atoms with E-state index in [1.165, 1.54) is 19.2 Å². The van der Waals surface area contributed by atoms with Crippen molar-refractivity contribution in [3.8, 4) is 5.75 Å². The van der Waals surface area contributed by atoms with Crippen molar-refractivity contribution in [2.45, 2.75) is 32.2 Å². The third kappa shape index (κ3) is 4.34. The molecule has 124 valence electrons. The number of nitrogens with one attached hydrogen (secondary N) is 1. The van der Waals surface area contributed by atoms with Crippen LogP contribution in [-0.2, 0) is 0 Å². The number of benzene rings is 1. The molecule has 22 heavy (non-hydrogen) atoms. The number of hydrogen-bond acceptors (Lipinski definition) is 3. The standard InChI is InChI=1S/C16H23FN2O2.ClH/c1-3-10-19(12-6-8-18-9-7-12)16(20)14-5-4-13(21-2)11-15(14)17;/h4-5,11-12,18H,3,6-10H2,1-2H3;1H. The second kappa shape index (κ2) is 8.96. The zero-order chi connectivity index (χ0) is 15.2. The molecule has 4 nitrogen and oxygen atoms in total. The van der Waals surface area contributed by atoms with Gasteiger partial charge in [-0.1, -0.05) is 6.92 Å². The van der Waals surface area contributed by atoms with E-state index in [1.54, 1.807) is 6.07 Å². The zero-order valence-corrected chi connectivity index (χ0v) is 13.9. The molecule has 0 bridgehead atoms. The molecule has 0 aliphatic carbocycles. The Kier molecular flexibility index (Phi) is 7.62. The summed E-state index contributed by atoms with van der Waals surface area (Å²) in [6, 6.07) is 4.60. The van der Waals surface area contributed by atoms with E-state index in [1.807, 2.05) is 11.8 Å². The third-order valence-electron chi connectivity index (χ3n) is 3.88. The Balaban J connectivity index is 0.00000242. The van der Waals surface area contributed by atoms with E-state index in [0.717, 1.165) is 32.4 Å². The van der Waals surface area contributed by atoms with Crippen LogP contribution in [0.25, 0.3) is 0 Å². The highest BCUT2D eigenvalue weighted by molar-refractivity contribution is 5.94. The first-order valence-corrected chi connectivity index (χ1v) is 7.52. The fourth-order valence-corrected chi connectivity index (χ4v) is 2.76. The summed E-state index contributed by atoms with van der Waals surface area (Å²) in [5.74, 6) is -0.314. The van der Waals surface area contributed by atoms with Crippen LogP contribution in [0.4, 0.5) is 4.39 Å². The highest BCUT2D eigenvalue weighted by atomic mass is 35.5. The average molecular weight is 331 g/mol. The van der Waals surface area contributed by atoms with Gasteiger partial charge in [-0.05, 0) is 44.5 Å². The largest absolute Gasteiger partial charge is 0.497 e. The predicted octanol–water partition coefficient (Wildman–Crippen LogP) is 2.86. The van der Waals surface area contributed by atoms with Crippen LogP contribution in [0.1, 0.15) is 36.5 Å². The van der Waals surface area contributed by atoms with Gasteiger partial charge in [-0.2, -0.15) is 0 Å². The monoisotopic (exact) mass is 330 g/mol. The van der Waals surface area contributed by atoms with Gasteiger partial charge in [0, 0.05) is 18.7 Å². The summed E-state index contributed by atoms with van der Waals surface area (Å²) in [5, 5.41) is 3.29. The fourth-order valence-electron chi connectivity index (χ4n) is 2.76. The third-order valence-corrected chi connectivity index (χ3v) is 3.88. The number of methoxy groups -OCH3 is 1. The van der Waals surface area contributed by atoms with Crippen LogP contribution in [0.3, 0.4) is 0 Å². The molecule has 1 amide bonds. The van der Waals surface area contributed by atoms with E-state index in [2.05, 4.69) is 5.32 Å². The number of ether oxygens (including phenoxy) is 1. The first kappa shape index (κ1) is 18.7. The summed E-state index contributed by atoms with van der Waals surface area (Å²) in [5.41, 5.74) is 0.128. The highest BCUT2D eigenvalue weighted by Gasteiger charge is 2.27. The first-order chi connectivity index (χ1) is 10.2. The van der Waals surface area contributed by atoms with Gasteiger partial charge in [-0.3, -0.25) is 4.79 Å². The quantitative estimate of drug-likeness (QED) is 0.902. The molecular weight excluding hydrogens is 307 g/mol. The minimum absolute atomic E-state index is 0. The SMILES string of the molecule is CCCN(C(=O)c1ccc(OC)cc1F)C1CCNCC1.Cl. The maximum Gasteiger partial charge on any atom is 0.257 e. The second-order valence-electron chi connectivity index (χ2n) is 5.33. The van der Waals surface area contributed by atoms with E-state index in [9.17, 15) is 9.18 Å². The van der Waals surface area contributed by atoms with Crippen LogP contribution in [-0.4, -0.2) is 43.6 Å². The van der Waals surface area contributed by atoms with Gasteiger partial charge in [0.1, 0.15) is 11.6 Å². The van der Waals surface area contributed by atoms with Crippen LogP contribution in [0, 0.1) is 5.82 Å². The van der Waals surface area contributed by atoms with Gasteiger partial charge in [0.15, 0.2) is 0 Å². The molecule has 2 rings (SSSR count). The van der Waals surface area contributed by atoms with Crippen molar-refractivity contribution in [2.24, 2.45) is 0 Å². The number of carbonyl (C=O) groups excluding carboxylic acids is 1. The maximum absolute atomic E-state index is 14.1. The van der Waals surface area contributed by atoms with Crippen LogP contribution in [0.5, 0.6) is 5.75 Å². The molecule has 0 unspecified atom stereocenters. The molecular formula is C16H24ClFN2O2. The van der Waals surface area contributed by atoms with Crippen LogP contribution in [0.15, 0.2) is 18.2 Å². The van der Waals surface area contributed by atoms with Gasteiger partial charge in [0.05, 0.1) is 12.7 Å². The Labute approximate surface area is 137 Å². The van der Waals surface area contributed by atoms with Crippen molar-refractivity contribution in [2.75, 3.05) is 26.7 Å². The van der Waals surface area contributed by atoms with Crippen molar-refractivity contribution in [3.05, 3.63) is 29.6 Å². The van der Waals surface area contributed by atoms with Crippen molar-refractivity contribution >= 4 is 18.3 Å². The first-order valence-electron chi connectivity index (χ1n) is 7.52. The van der Waals surface area contributed by atoms with Gasteiger partial charge in [0.2, 0.25) is 0 Å². The number of nitrogens with zero attached hydrogens (tertiary/aromatic N) is 1. The normalized spacial score (nSPS) is 15.0. The van der Waals surface area contributed by atoms with Gasteiger partial charge in [-0.25, -0.2) is 4.39 Å². The Morgan fingerprint density at radius 2 is 2.09 bits per heavy atom. The molecule has 6 heteroatoms. The Morgan fingerprint density at radius 3 is 2.64 bits per heavy atom. The molecule has 1 heterocycles.